The van der Waals surface area contributed by atoms with Crippen molar-refractivity contribution in [3.63, 3.8) is 0 Å². The summed E-state index contributed by atoms with van der Waals surface area (Å²) in [5, 5.41) is 0. The molecule has 0 amide bonds. The highest BCUT2D eigenvalue weighted by molar-refractivity contribution is 5.77. The fourth-order valence-corrected chi connectivity index (χ4v) is 2.75. The van der Waals surface area contributed by atoms with Crippen molar-refractivity contribution in [3.8, 4) is 0 Å². The minimum absolute atomic E-state index is 0.352. The van der Waals surface area contributed by atoms with E-state index in [-0.39, 0.29) is 0 Å². The largest absolute Gasteiger partial charge is 0.463 e. The summed E-state index contributed by atoms with van der Waals surface area (Å²) in [6.07, 6.45) is 9.49. The second-order valence-electron chi connectivity index (χ2n) is 4.55. The van der Waals surface area contributed by atoms with Gasteiger partial charge in [0.15, 0.2) is 0 Å². The molecule has 0 saturated carbocycles. The lowest BCUT2D eigenvalue weighted by atomic mass is 9.77. The summed E-state index contributed by atoms with van der Waals surface area (Å²) in [7, 11) is 0. The molecule has 0 heterocycles. The van der Waals surface area contributed by atoms with Crippen molar-refractivity contribution in [2.75, 3.05) is 6.61 Å². The zero-order valence-corrected chi connectivity index (χ0v) is 10.0. The Morgan fingerprint density at radius 3 is 3.06 bits per heavy atom. The van der Waals surface area contributed by atoms with Crippen molar-refractivity contribution < 1.29 is 9.53 Å². The van der Waals surface area contributed by atoms with E-state index in [2.05, 4.69) is 36.4 Å². The van der Waals surface area contributed by atoms with Crippen molar-refractivity contribution in [2.24, 2.45) is 5.92 Å². The van der Waals surface area contributed by atoms with E-state index in [0.29, 0.717) is 19.0 Å². The van der Waals surface area contributed by atoms with Crippen LogP contribution in [0.3, 0.4) is 0 Å². The third-order valence-electron chi connectivity index (χ3n) is 3.56. The number of allylic oxidation sites excluding steroid dienone is 5. The first-order valence-electron chi connectivity index (χ1n) is 6.11. The van der Waals surface area contributed by atoms with E-state index < -0.39 is 0 Å². The van der Waals surface area contributed by atoms with Crippen LogP contribution in [0.4, 0.5) is 0 Å². The van der Waals surface area contributed by atoms with Crippen molar-refractivity contribution >= 4 is 12.0 Å². The maximum atomic E-state index is 10.4. The number of rotatable bonds is 3. The van der Waals surface area contributed by atoms with Gasteiger partial charge in [0.05, 0.1) is 0 Å². The molecule has 0 aromatic heterocycles. The summed E-state index contributed by atoms with van der Waals surface area (Å²) in [6, 6.07) is 8.35. The zero-order valence-electron chi connectivity index (χ0n) is 10.0. The number of hydrogen-bond acceptors (Lipinski definition) is 2. The van der Waals surface area contributed by atoms with Gasteiger partial charge in [-0.1, -0.05) is 48.6 Å². The van der Waals surface area contributed by atoms with Crippen LogP contribution in [0, 0.1) is 5.92 Å². The van der Waals surface area contributed by atoms with Crippen LogP contribution in [0.15, 0.2) is 54.1 Å². The van der Waals surface area contributed by atoms with Crippen LogP contribution in [-0.2, 0) is 16.0 Å². The van der Waals surface area contributed by atoms with Gasteiger partial charge in [-0.05, 0) is 23.1 Å². The van der Waals surface area contributed by atoms with E-state index in [1.165, 1.54) is 16.7 Å². The number of benzene rings is 1. The number of hydrogen-bond donors (Lipinski definition) is 0. The Morgan fingerprint density at radius 1 is 1.28 bits per heavy atom. The predicted molar refractivity (Wildman–Crippen MR) is 70.9 cm³/mol. The van der Waals surface area contributed by atoms with Crippen molar-refractivity contribution in [2.45, 2.75) is 6.42 Å². The molecule has 2 heteroatoms. The topological polar surface area (TPSA) is 26.3 Å². The lowest BCUT2D eigenvalue weighted by Crippen LogP contribution is -2.17. The van der Waals surface area contributed by atoms with Crippen LogP contribution >= 0.6 is 0 Å². The molecule has 0 N–H and O–H groups in total. The van der Waals surface area contributed by atoms with E-state index in [4.69, 9.17) is 4.74 Å². The molecular weight excluding hydrogens is 224 g/mol. The van der Waals surface area contributed by atoms with Gasteiger partial charge < -0.3 is 4.74 Å². The Balaban J connectivity index is 2.11. The third-order valence-corrected chi connectivity index (χ3v) is 3.56. The second kappa shape index (κ2) is 4.65. The minimum atomic E-state index is 0.352. The average molecular weight is 238 g/mol. The SMILES string of the molecule is O=COCC1=C2C=CC=CC2Cc2ccccc21. The normalized spacial score (nSPS) is 20.3. The summed E-state index contributed by atoms with van der Waals surface area (Å²) in [5.41, 5.74) is 4.95. The molecule has 0 radical (unpaired) electrons. The number of fused-ring (bicyclic) bond motifs is 2. The third kappa shape index (κ3) is 1.80. The van der Waals surface area contributed by atoms with E-state index in [1.54, 1.807) is 0 Å². The number of carbonyl (C=O) groups excluding carboxylic acids is 1. The van der Waals surface area contributed by atoms with Gasteiger partial charge in [-0.2, -0.15) is 0 Å². The molecule has 0 bridgehead atoms. The molecule has 3 rings (SSSR count). The number of carbonyl (C=O) groups is 1. The molecule has 0 aliphatic heterocycles. The molecule has 90 valence electrons. The zero-order chi connectivity index (χ0) is 12.4. The lowest BCUT2D eigenvalue weighted by Gasteiger charge is -2.28. The van der Waals surface area contributed by atoms with Gasteiger partial charge in [-0.15, -0.1) is 0 Å². The molecule has 1 aromatic carbocycles. The first-order chi connectivity index (χ1) is 8.90. The summed E-state index contributed by atoms with van der Waals surface area (Å²) >= 11 is 0. The molecule has 2 nitrogen and oxygen atoms in total. The molecule has 0 spiro atoms. The Hall–Kier alpha value is -2.09. The van der Waals surface area contributed by atoms with Gasteiger partial charge in [-0.25, -0.2) is 0 Å². The fraction of sp³-hybridized carbons (Fsp3) is 0.188. The second-order valence-corrected chi connectivity index (χ2v) is 4.55. The highest BCUT2D eigenvalue weighted by Gasteiger charge is 2.25. The molecule has 2 aliphatic carbocycles. The standard InChI is InChI=1S/C16H14O2/c17-11-18-10-16-14-7-3-1-5-12(14)9-13-6-2-4-8-15(13)16/h1-8,11-12H,9-10H2. The van der Waals surface area contributed by atoms with Crippen LogP contribution in [0.2, 0.25) is 0 Å². The highest BCUT2D eigenvalue weighted by atomic mass is 16.5. The highest BCUT2D eigenvalue weighted by Crippen LogP contribution is 2.37. The van der Waals surface area contributed by atoms with Crippen molar-refractivity contribution in [1.29, 1.82) is 0 Å². The maximum Gasteiger partial charge on any atom is 0.293 e. The van der Waals surface area contributed by atoms with Gasteiger partial charge in [0, 0.05) is 11.5 Å². The Bertz CT molecular complexity index is 564. The summed E-state index contributed by atoms with van der Waals surface area (Å²) < 4.78 is 4.98. The fourth-order valence-electron chi connectivity index (χ4n) is 2.75. The van der Waals surface area contributed by atoms with Crippen molar-refractivity contribution in [1.82, 2.24) is 0 Å². The van der Waals surface area contributed by atoms with E-state index in [0.717, 1.165) is 12.0 Å². The Kier molecular flexibility index (Phi) is 2.85. The van der Waals surface area contributed by atoms with Gasteiger partial charge in [0.25, 0.3) is 6.47 Å². The summed E-state index contributed by atoms with van der Waals surface area (Å²) in [5.74, 6) is 0.412. The molecule has 2 aliphatic rings. The van der Waals surface area contributed by atoms with Crippen LogP contribution in [0.25, 0.3) is 5.57 Å². The summed E-state index contributed by atoms with van der Waals surface area (Å²) in [6.45, 7) is 0.868. The lowest BCUT2D eigenvalue weighted by molar-refractivity contribution is -0.127. The molecular formula is C16H14O2. The number of ether oxygens (including phenoxy) is 1. The van der Waals surface area contributed by atoms with Crippen LogP contribution in [0.1, 0.15) is 11.1 Å². The molecule has 1 unspecified atom stereocenters. The maximum absolute atomic E-state index is 10.4. The van der Waals surface area contributed by atoms with Gasteiger partial charge >= 0.3 is 0 Å². The Labute approximate surface area is 106 Å². The van der Waals surface area contributed by atoms with E-state index in [1.807, 2.05) is 12.1 Å². The first-order valence-corrected chi connectivity index (χ1v) is 6.11. The first kappa shape index (κ1) is 11.0. The van der Waals surface area contributed by atoms with Gasteiger partial charge in [0.1, 0.15) is 6.61 Å². The van der Waals surface area contributed by atoms with E-state index >= 15 is 0 Å². The van der Waals surface area contributed by atoms with Crippen molar-refractivity contribution in [3.05, 3.63) is 65.3 Å². The quantitative estimate of drug-likeness (QED) is 0.757. The molecule has 0 fully saturated rings. The summed E-state index contributed by atoms with van der Waals surface area (Å²) in [4.78, 5) is 10.4. The van der Waals surface area contributed by atoms with E-state index in [9.17, 15) is 4.79 Å². The monoisotopic (exact) mass is 238 g/mol. The van der Waals surface area contributed by atoms with Crippen LogP contribution < -0.4 is 0 Å². The Morgan fingerprint density at radius 2 is 2.17 bits per heavy atom. The van der Waals surface area contributed by atoms with Gasteiger partial charge in [-0.3, -0.25) is 4.79 Å². The van der Waals surface area contributed by atoms with Gasteiger partial charge in [0.2, 0.25) is 0 Å². The molecule has 1 atom stereocenters. The molecule has 18 heavy (non-hydrogen) atoms. The molecule has 0 saturated heterocycles. The molecule has 1 aromatic rings. The van der Waals surface area contributed by atoms with Crippen LogP contribution in [-0.4, -0.2) is 13.1 Å². The average Bonchev–Trinajstić information content (AvgIpc) is 2.43. The van der Waals surface area contributed by atoms with Crippen LogP contribution in [0.5, 0.6) is 0 Å². The predicted octanol–water partition coefficient (Wildman–Crippen LogP) is 2.91. The smallest absolute Gasteiger partial charge is 0.293 e. The minimum Gasteiger partial charge on any atom is -0.463 e.